The summed E-state index contributed by atoms with van der Waals surface area (Å²) in [5, 5.41) is 3.15. The van der Waals surface area contributed by atoms with Gasteiger partial charge in [0.2, 0.25) is 0 Å². The van der Waals surface area contributed by atoms with Crippen LogP contribution in [-0.4, -0.2) is 4.98 Å². The summed E-state index contributed by atoms with van der Waals surface area (Å²) < 4.78 is 5.82. The lowest BCUT2D eigenvalue weighted by Gasteiger charge is -2.21. The van der Waals surface area contributed by atoms with Gasteiger partial charge in [0, 0.05) is 5.38 Å². The fourth-order valence-electron chi connectivity index (χ4n) is 2.79. The van der Waals surface area contributed by atoms with Gasteiger partial charge in [-0.05, 0) is 49.3 Å². The van der Waals surface area contributed by atoms with Crippen molar-refractivity contribution < 1.29 is 4.74 Å². The van der Waals surface area contributed by atoms with Crippen molar-refractivity contribution in [1.29, 1.82) is 0 Å². The van der Waals surface area contributed by atoms with Crippen LogP contribution in [-0.2, 0) is 13.0 Å². The predicted molar refractivity (Wildman–Crippen MR) is 99.2 cm³/mol. The molecular weight excluding hydrogens is 302 g/mol. The molecule has 0 fully saturated rings. The average Bonchev–Trinajstić information content (AvgIpc) is 2.96. The van der Waals surface area contributed by atoms with Gasteiger partial charge in [-0.3, -0.25) is 0 Å². The zero-order valence-corrected chi connectivity index (χ0v) is 15.7. The molecule has 0 bridgehead atoms. The largest absolute Gasteiger partial charge is 0.487 e. The van der Waals surface area contributed by atoms with E-state index >= 15 is 0 Å². The monoisotopic (exact) mass is 331 g/mol. The normalized spacial score (nSPS) is 12.6. The standard InChI is InChI=1S/C20H29NOS/c1-5-6-7-18(15(2)3)12-17-8-10-20(11-9-17)22-13-19-14-23-16(4)21-19/h8-11,14-15,18H,5-7,12-13H2,1-4H3/t18-/m1/s1. The first kappa shape index (κ1) is 18.0. The van der Waals surface area contributed by atoms with Crippen LogP contribution in [0, 0.1) is 18.8 Å². The van der Waals surface area contributed by atoms with E-state index in [0.717, 1.165) is 28.3 Å². The summed E-state index contributed by atoms with van der Waals surface area (Å²) in [6.45, 7) is 9.52. The Morgan fingerprint density at radius 2 is 1.91 bits per heavy atom. The Labute approximate surface area is 144 Å². The highest BCUT2D eigenvalue weighted by Crippen LogP contribution is 2.24. The zero-order valence-electron chi connectivity index (χ0n) is 14.8. The molecule has 1 aromatic carbocycles. The second-order valence-corrected chi connectivity index (χ2v) is 7.70. The molecule has 1 aromatic heterocycles. The highest BCUT2D eigenvalue weighted by Gasteiger charge is 2.13. The average molecular weight is 332 g/mol. The molecule has 0 radical (unpaired) electrons. The van der Waals surface area contributed by atoms with Gasteiger partial charge in [-0.25, -0.2) is 4.98 Å². The Kier molecular flexibility index (Phi) is 7.10. The van der Waals surface area contributed by atoms with Crippen LogP contribution < -0.4 is 4.74 Å². The number of nitrogens with zero attached hydrogens (tertiary/aromatic N) is 1. The van der Waals surface area contributed by atoms with E-state index in [1.54, 1.807) is 11.3 Å². The van der Waals surface area contributed by atoms with Crippen molar-refractivity contribution in [2.75, 3.05) is 0 Å². The third kappa shape index (κ3) is 5.98. The summed E-state index contributed by atoms with van der Waals surface area (Å²) in [7, 11) is 0. The number of unbranched alkanes of at least 4 members (excludes halogenated alkanes) is 1. The van der Waals surface area contributed by atoms with Crippen LogP contribution in [0.2, 0.25) is 0 Å². The van der Waals surface area contributed by atoms with Crippen molar-refractivity contribution in [2.24, 2.45) is 11.8 Å². The molecule has 2 nitrogen and oxygen atoms in total. The fraction of sp³-hybridized carbons (Fsp3) is 0.550. The quantitative estimate of drug-likeness (QED) is 0.559. The molecule has 2 rings (SSSR count). The van der Waals surface area contributed by atoms with Crippen molar-refractivity contribution in [3.05, 3.63) is 45.9 Å². The molecule has 0 amide bonds. The summed E-state index contributed by atoms with van der Waals surface area (Å²) in [6.07, 6.45) is 5.11. The maximum atomic E-state index is 5.82. The predicted octanol–water partition coefficient (Wildman–Crippen LogP) is 6.04. The first-order chi connectivity index (χ1) is 11.1. The number of rotatable bonds is 9. The van der Waals surface area contributed by atoms with Crippen LogP contribution >= 0.6 is 11.3 Å². The van der Waals surface area contributed by atoms with E-state index in [2.05, 4.69) is 55.4 Å². The Bertz CT molecular complexity index is 574. The number of hydrogen-bond acceptors (Lipinski definition) is 3. The van der Waals surface area contributed by atoms with E-state index in [1.165, 1.54) is 31.2 Å². The highest BCUT2D eigenvalue weighted by molar-refractivity contribution is 7.09. The second-order valence-electron chi connectivity index (χ2n) is 6.64. The molecule has 0 spiro atoms. The molecule has 0 unspecified atom stereocenters. The first-order valence-electron chi connectivity index (χ1n) is 8.71. The lowest BCUT2D eigenvalue weighted by molar-refractivity contribution is 0.301. The van der Waals surface area contributed by atoms with Crippen LogP contribution in [0.15, 0.2) is 29.6 Å². The van der Waals surface area contributed by atoms with Crippen molar-refractivity contribution in [3.63, 3.8) is 0 Å². The number of aryl methyl sites for hydroxylation is 1. The molecule has 126 valence electrons. The minimum absolute atomic E-state index is 0.550. The number of aromatic nitrogens is 1. The molecule has 1 heterocycles. The molecule has 0 aliphatic rings. The molecule has 3 heteroatoms. The summed E-state index contributed by atoms with van der Waals surface area (Å²) in [6, 6.07) is 8.60. The van der Waals surface area contributed by atoms with E-state index < -0.39 is 0 Å². The third-order valence-corrected chi connectivity index (χ3v) is 5.17. The smallest absolute Gasteiger partial charge is 0.131 e. The molecule has 1 atom stereocenters. The Morgan fingerprint density at radius 1 is 1.17 bits per heavy atom. The van der Waals surface area contributed by atoms with Gasteiger partial charge in [0.05, 0.1) is 10.7 Å². The number of benzene rings is 1. The maximum Gasteiger partial charge on any atom is 0.131 e. The van der Waals surface area contributed by atoms with Gasteiger partial charge < -0.3 is 4.74 Å². The SMILES string of the molecule is CCCC[C@H](Cc1ccc(OCc2csc(C)n2)cc1)C(C)C. The molecule has 2 aromatic rings. The maximum absolute atomic E-state index is 5.82. The highest BCUT2D eigenvalue weighted by atomic mass is 32.1. The van der Waals surface area contributed by atoms with E-state index in [1.807, 2.05) is 6.92 Å². The molecule has 23 heavy (non-hydrogen) atoms. The van der Waals surface area contributed by atoms with Gasteiger partial charge in [0.25, 0.3) is 0 Å². The van der Waals surface area contributed by atoms with Crippen LogP contribution in [0.3, 0.4) is 0 Å². The lowest BCUT2D eigenvalue weighted by atomic mass is 9.85. The Hall–Kier alpha value is -1.35. The van der Waals surface area contributed by atoms with Crippen molar-refractivity contribution in [3.8, 4) is 5.75 Å². The molecule has 0 N–H and O–H groups in total. The van der Waals surface area contributed by atoms with Gasteiger partial charge in [-0.15, -0.1) is 11.3 Å². The molecule has 0 saturated heterocycles. The van der Waals surface area contributed by atoms with Gasteiger partial charge >= 0.3 is 0 Å². The van der Waals surface area contributed by atoms with Crippen molar-refractivity contribution in [1.82, 2.24) is 4.98 Å². The van der Waals surface area contributed by atoms with E-state index in [4.69, 9.17) is 4.74 Å². The zero-order chi connectivity index (χ0) is 16.7. The Balaban J connectivity index is 1.87. The topological polar surface area (TPSA) is 22.1 Å². The molecular formula is C20H29NOS. The molecule has 0 saturated carbocycles. The van der Waals surface area contributed by atoms with Crippen LogP contribution in [0.1, 0.15) is 56.3 Å². The number of hydrogen-bond donors (Lipinski definition) is 0. The van der Waals surface area contributed by atoms with Crippen molar-refractivity contribution in [2.45, 2.75) is 60.0 Å². The van der Waals surface area contributed by atoms with E-state index in [9.17, 15) is 0 Å². The summed E-state index contributed by atoms with van der Waals surface area (Å²) >= 11 is 1.67. The minimum atomic E-state index is 0.550. The van der Waals surface area contributed by atoms with Crippen molar-refractivity contribution >= 4 is 11.3 Å². The van der Waals surface area contributed by atoms with Crippen LogP contribution in [0.5, 0.6) is 5.75 Å². The molecule has 0 aliphatic carbocycles. The van der Waals surface area contributed by atoms with Gasteiger partial charge in [0.1, 0.15) is 12.4 Å². The summed E-state index contributed by atoms with van der Waals surface area (Å²) in [5.74, 6) is 2.44. The lowest BCUT2D eigenvalue weighted by Crippen LogP contribution is -2.12. The van der Waals surface area contributed by atoms with E-state index in [0.29, 0.717) is 6.61 Å². The van der Waals surface area contributed by atoms with E-state index in [-0.39, 0.29) is 0 Å². The Morgan fingerprint density at radius 3 is 2.48 bits per heavy atom. The third-order valence-electron chi connectivity index (χ3n) is 4.35. The number of ether oxygens (including phenoxy) is 1. The molecule has 0 aliphatic heterocycles. The van der Waals surface area contributed by atoms with Gasteiger partial charge in [-0.1, -0.05) is 45.7 Å². The summed E-state index contributed by atoms with van der Waals surface area (Å²) in [4.78, 5) is 4.42. The summed E-state index contributed by atoms with van der Waals surface area (Å²) in [5.41, 5.74) is 2.42. The second kappa shape index (κ2) is 9.07. The van der Waals surface area contributed by atoms with Crippen LogP contribution in [0.4, 0.5) is 0 Å². The van der Waals surface area contributed by atoms with Gasteiger partial charge in [0.15, 0.2) is 0 Å². The van der Waals surface area contributed by atoms with Crippen LogP contribution in [0.25, 0.3) is 0 Å². The van der Waals surface area contributed by atoms with Gasteiger partial charge in [-0.2, -0.15) is 0 Å². The fourth-order valence-corrected chi connectivity index (χ4v) is 3.39. The first-order valence-corrected chi connectivity index (χ1v) is 9.59. The number of thiazole rings is 1. The minimum Gasteiger partial charge on any atom is -0.487 e.